The lowest BCUT2D eigenvalue weighted by atomic mass is 9.77. The standard InChI is InChI=1S/C16H21BN2O2S/c1-15(2)16(3,4)21-17(20-15)13(10-18)9-12-7-5-6-8-14(12)19-11-22/h5-9H,10,18H2,1-4H3. The van der Waals surface area contributed by atoms with Gasteiger partial charge in [-0.1, -0.05) is 24.3 Å². The number of nitrogens with zero attached hydrogens (tertiary/aromatic N) is 1. The second-order valence-corrected chi connectivity index (χ2v) is 6.46. The van der Waals surface area contributed by atoms with Crippen molar-refractivity contribution in [3.63, 3.8) is 0 Å². The first kappa shape index (κ1) is 17.1. The van der Waals surface area contributed by atoms with Gasteiger partial charge in [0, 0.05) is 12.1 Å². The molecule has 0 aromatic heterocycles. The van der Waals surface area contributed by atoms with Gasteiger partial charge in [0.15, 0.2) is 0 Å². The Hall–Kier alpha value is -1.30. The Morgan fingerprint density at radius 1 is 1.27 bits per heavy atom. The Morgan fingerprint density at radius 3 is 2.41 bits per heavy atom. The maximum absolute atomic E-state index is 6.05. The van der Waals surface area contributed by atoms with Crippen LogP contribution in [-0.2, 0) is 9.31 Å². The zero-order valence-corrected chi connectivity index (χ0v) is 14.2. The Balaban J connectivity index is 2.36. The second kappa shape index (κ2) is 6.45. The Kier molecular flexibility index (Phi) is 5.00. The van der Waals surface area contributed by atoms with E-state index in [2.05, 4.69) is 10.2 Å². The van der Waals surface area contributed by atoms with E-state index in [1.165, 1.54) is 0 Å². The molecule has 2 N–H and O–H groups in total. The lowest BCUT2D eigenvalue weighted by Gasteiger charge is -2.32. The van der Waals surface area contributed by atoms with Crippen LogP contribution in [0.3, 0.4) is 0 Å². The van der Waals surface area contributed by atoms with Crippen molar-refractivity contribution >= 4 is 36.3 Å². The van der Waals surface area contributed by atoms with Crippen LogP contribution in [0.25, 0.3) is 6.08 Å². The lowest BCUT2D eigenvalue weighted by Crippen LogP contribution is -2.41. The summed E-state index contributed by atoms with van der Waals surface area (Å²) in [5, 5.41) is 2.40. The smallest absolute Gasteiger partial charge is 0.400 e. The van der Waals surface area contributed by atoms with Crippen molar-refractivity contribution in [2.75, 3.05) is 6.54 Å². The summed E-state index contributed by atoms with van der Waals surface area (Å²) in [6, 6.07) is 7.67. The Bertz CT molecular complexity index is 621. The molecule has 1 aromatic rings. The molecule has 2 rings (SSSR count). The van der Waals surface area contributed by atoms with E-state index in [1.54, 1.807) is 0 Å². The molecule has 6 heteroatoms. The third-order valence-electron chi connectivity index (χ3n) is 4.24. The predicted octanol–water partition coefficient (Wildman–Crippen LogP) is 3.39. The van der Waals surface area contributed by atoms with Gasteiger partial charge in [-0.25, -0.2) is 0 Å². The molecule has 1 aliphatic heterocycles. The van der Waals surface area contributed by atoms with Gasteiger partial charge in [0.25, 0.3) is 0 Å². The van der Waals surface area contributed by atoms with E-state index < -0.39 is 18.3 Å². The SMILES string of the molecule is CC1(C)OB(C(=Cc2ccccc2N=C=S)CN)OC1(C)C. The summed E-state index contributed by atoms with van der Waals surface area (Å²) >= 11 is 4.69. The first-order chi connectivity index (χ1) is 10.3. The molecular formula is C16H21BN2O2S. The summed E-state index contributed by atoms with van der Waals surface area (Å²) in [5.41, 5.74) is 7.65. The van der Waals surface area contributed by atoms with E-state index >= 15 is 0 Å². The van der Waals surface area contributed by atoms with Crippen molar-refractivity contribution in [3.05, 3.63) is 35.3 Å². The molecule has 0 radical (unpaired) electrons. The highest BCUT2D eigenvalue weighted by atomic mass is 32.1. The van der Waals surface area contributed by atoms with Crippen molar-refractivity contribution < 1.29 is 9.31 Å². The molecule has 0 saturated carbocycles. The van der Waals surface area contributed by atoms with Crippen LogP contribution in [0.5, 0.6) is 0 Å². The van der Waals surface area contributed by atoms with Gasteiger partial charge in [0.05, 0.1) is 22.1 Å². The van der Waals surface area contributed by atoms with E-state index in [0.29, 0.717) is 6.54 Å². The molecule has 0 atom stereocenters. The van der Waals surface area contributed by atoms with Crippen molar-refractivity contribution in [2.24, 2.45) is 10.7 Å². The van der Waals surface area contributed by atoms with Crippen LogP contribution in [0, 0.1) is 0 Å². The number of isothiocyanates is 1. The van der Waals surface area contributed by atoms with E-state index in [1.807, 2.05) is 58.0 Å². The van der Waals surface area contributed by atoms with E-state index in [4.69, 9.17) is 27.3 Å². The largest absolute Gasteiger partial charge is 0.491 e. The zero-order chi connectivity index (χ0) is 16.4. The summed E-state index contributed by atoms with van der Waals surface area (Å²) in [5.74, 6) is 0. The van der Waals surface area contributed by atoms with Crippen LogP contribution in [0.4, 0.5) is 5.69 Å². The number of thiocarbonyl (C=S) groups is 1. The summed E-state index contributed by atoms with van der Waals surface area (Å²) in [6.45, 7) is 8.42. The highest BCUT2D eigenvalue weighted by molar-refractivity contribution is 7.78. The van der Waals surface area contributed by atoms with Crippen LogP contribution in [-0.4, -0.2) is 30.0 Å². The van der Waals surface area contributed by atoms with E-state index in [0.717, 1.165) is 16.7 Å². The fourth-order valence-electron chi connectivity index (χ4n) is 2.18. The van der Waals surface area contributed by atoms with Crippen molar-refractivity contribution in [1.29, 1.82) is 0 Å². The van der Waals surface area contributed by atoms with E-state index in [9.17, 15) is 0 Å². The summed E-state index contributed by atoms with van der Waals surface area (Å²) < 4.78 is 12.1. The monoisotopic (exact) mass is 316 g/mol. The quantitative estimate of drug-likeness (QED) is 0.525. The fourth-order valence-corrected chi connectivity index (χ4v) is 2.28. The number of nitrogens with two attached hydrogens (primary N) is 1. The average molecular weight is 316 g/mol. The molecule has 0 bridgehead atoms. The van der Waals surface area contributed by atoms with Crippen molar-refractivity contribution in [1.82, 2.24) is 0 Å². The van der Waals surface area contributed by atoms with Gasteiger partial charge in [-0.2, -0.15) is 4.99 Å². The Morgan fingerprint density at radius 2 is 1.86 bits per heavy atom. The molecule has 1 heterocycles. The molecule has 116 valence electrons. The number of rotatable bonds is 4. The number of hydrogen-bond acceptors (Lipinski definition) is 5. The van der Waals surface area contributed by atoms with Crippen LogP contribution in [0.2, 0.25) is 0 Å². The first-order valence-electron chi connectivity index (χ1n) is 7.24. The Labute approximate surface area is 137 Å². The third kappa shape index (κ3) is 3.37. The third-order valence-corrected chi connectivity index (χ3v) is 4.33. The number of hydrogen-bond donors (Lipinski definition) is 1. The average Bonchev–Trinajstić information content (AvgIpc) is 2.66. The molecular weight excluding hydrogens is 295 g/mol. The van der Waals surface area contributed by atoms with Gasteiger partial charge in [-0.3, -0.25) is 0 Å². The molecule has 22 heavy (non-hydrogen) atoms. The van der Waals surface area contributed by atoms with Gasteiger partial charge in [-0.05, 0) is 51.5 Å². The van der Waals surface area contributed by atoms with Crippen molar-refractivity contribution in [3.8, 4) is 0 Å². The molecule has 0 spiro atoms. The van der Waals surface area contributed by atoms with Crippen LogP contribution in [0.1, 0.15) is 33.3 Å². The number of benzene rings is 1. The van der Waals surface area contributed by atoms with Crippen LogP contribution < -0.4 is 5.73 Å². The number of aliphatic imine (C=N–C) groups is 1. The minimum absolute atomic E-state index is 0.340. The maximum Gasteiger partial charge on any atom is 0.491 e. The fraction of sp³-hybridized carbons (Fsp3) is 0.438. The van der Waals surface area contributed by atoms with Crippen molar-refractivity contribution in [2.45, 2.75) is 38.9 Å². The lowest BCUT2D eigenvalue weighted by molar-refractivity contribution is 0.00578. The molecule has 0 aliphatic carbocycles. The predicted molar refractivity (Wildman–Crippen MR) is 94.2 cm³/mol. The molecule has 1 aliphatic rings. The van der Waals surface area contributed by atoms with Gasteiger partial charge in [-0.15, -0.1) is 0 Å². The minimum Gasteiger partial charge on any atom is -0.400 e. The van der Waals surface area contributed by atoms with Gasteiger partial charge >= 0.3 is 7.12 Å². The molecule has 1 saturated heterocycles. The van der Waals surface area contributed by atoms with Crippen LogP contribution in [0.15, 0.2) is 34.7 Å². The molecule has 1 fully saturated rings. The summed E-state index contributed by atoms with van der Waals surface area (Å²) in [7, 11) is -0.459. The maximum atomic E-state index is 6.05. The minimum atomic E-state index is -0.459. The van der Waals surface area contributed by atoms with Crippen LogP contribution >= 0.6 is 12.2 Å². The molecule has 0 unspecified atom stereocenters. The number of para-hydroxylation sites is 1. The van der Waals surface area contributed by atoms with Gasteiger partial charge < -0.3 is 15.0 Å². The summed E-state index contributed by atoms with van der Waals surface area (Å²) in [6.07, 6.45) is 1.95. The normalized spacial score (nSPS) is 19.9. The second-order valence-electron chi connectivity index (χ2n) is 6.27. The molecule has 0 amide bonds. The molecule has 1 aromatic carbocycles. The van der Waals surface area contributed by atoms with Gasteiger partial charge in [0.2, 0.25) is 0 Å². The van der Waals surface area contributed by atoms with E-state index in [-0.39, 0.29) is 0 Å². The highest BCUT2D eigenvalue weighted by Gasteiger charge is 2.52. The topological polar surface area (TPSA) is 56.8 Å². The zero-order valence-electron chi connectivity index (χ0n) is 13.4. The van der Waals surface area contributed by atoms with Gasteiger partial charge in [0.1, 0.15) is 0 Å². The highest BCUT2D eigenvalue weighted by Crippen LogP contribution is 2.38. The summed E-state index contributed by atoms with van der Waals surface area (Å²) in [4.78, 5) is 4.08. The molecule has 4 nitrogen and oxygen atoms in total. The first-order valence-corrected chi connectivity index (χ1v) is 7.64.